The molecule has 3 rings (SSSR count). The molecule has 0 radical (unpaired) electrons. The Morgan fingerprint density at radius 1 is 1.22 bits per heavy atom. The summed E-state index contributed by atoms with van der Waals surface area (Å²) in [4.78, 5) is 38.1. The lowest BCUT2D eigenvalue weighted by atomic mass is 10.1. The minimum atomic E-state index is -0.590. The zero-order chi connectivity index (χ0) is 19.6. The molecule has 27 heavy (non-hydrogen) atoms. The van der Waals surface area contributed by atoms with Crippen LogP contribution in [-0.2, 0) is 11.2 Å². The van der Waals surface area contributed by atoms with Crippen molar-refractivity contribution in [1.29, 1.82) is 0 Å². The molecule has 3 aromatic rings. The van der Waals surface area contributed by atoms with E-state index in [1.807, 2.05) is 13.8 Å². The number of thiophene rings is 1. The van der Waals surface area contributed by atoms with Gasteiger partial charge in [-0.1, -0.05) is 25.1 Å². The van der Waals surface area contributed by atoms with Crippen LogP contribution in [0.4, 0.5) is 5.00 Å². The monoisotopic (exact) mass is 385 g/mol. The van der Waals surface area contributed by atoms with Crippen molar-refractivity contribution < 1.29 is 18.7 Å². The first-order valence-corrected chi connectivity index (χ1v) is 9.41. The molecule has 2 heterocycles. The van der Waals surface area contributed by atoms with Gasteiger partial charge in [0.2, 0.25) is 0 Å². The van der Waals surface area contributed by atoms with Crippen LogP contribution < -0.4 is 10.9 Å². The van der Waals surface area contributed by atoms with Crippen molar-refractivity contribution in [3.8, 4) is 0 Å². The molecule has 6 nitrogen and oxygen atoms in total. The lowest BCUT2D eigenvalue weighted by Crippen LogP contribution is -2.17. The van der Waals surface area contributed by atoms with Gasteiger partial charge in [0.25, 0.3) is 5.91 Å². The van der Waals surface area contributed by atoms with E-state index in [4.69, 9.17) is 9.15 Å². The second kappa shape index (κ2) is 7.75. The Morgan fingerprint density at radius 3 is 2.67 bits per heavy atom. The summed E-state index contributed by atoms with van der Waals surface area (Å²) in [6, 6.07) is 8.39. The zero-order valence-corrected chi connectivity index (χ0v) is 16.1. The van der Waals surface area contributed by atoms with Gasteiger partial charge in [-0.05, 0) is 43.4 Å². The molecule has 0 saturated heterocycles. The van der Waals surface area contributed by atoms with Crippen LogP contribution in [0, 0.1) is 6.92 Å². The van der Waals surface area contributed by atoms with Crippen LogP contribution in [0.5, 0.6) is 0 Å². The second-order valence-electron chi connectivity index (χ2n) is 5.85. The molecule has 140 valence electrons. The van der Waals surface area contributed by atoms with Crippen LogP contribution in [-0.4, -0.2) is 18.5 Å². The fourth-order valence-corrected chi connectivity index (χ4v) is 4.05. The van der Waals surface area contributed by atoms with Crippen molar-refractivity contribution in [2.45, 2.75) is 27.2 Å². The summed E-state index contributed by atoms with van der Waals surface area (Å²) in [5.74, 6) is -1.18. The van der Waals surface area contributed by atoms with Gasteiger partial charge in [-0.2, -0.15) is 0 Å². The number of carbonyl (C=O) groups excluding carboxylic acids is 2. The topological polar surface area (TPSA) is 85.6 Å². The Balaban J connectivity index is 1.99. The number of benzene rings is 1. The number of aryl methyl sites for hydroxylation is 1. The first kappa shape index (κ1) is 18.8. The number of esters is 1. The minimum absolute atomic E-state index is 0.113. The number of amides is 1. The molecule has 0 saturated carbocycles. The van der Waals surface area contributed by atoms with Crippen molar-refractivity contribution in [3.05, 3.63) is 62.5 Å². The Hall–Kier alpha value is -2.93. The predicted molar refractivity (Wildman–Crippen MR) is 105 cm³/mol. The molecular weight excluding hydrogens is 366 g/mol. The van der Waals surface area contributed by atoms with E-state index in [0.29, 0.717) is 27.8 Å². The average molecular weight is 385 g/mol. The molecule has 2 aromatic heterocycles. The summed E-state index contributed by atoms with van der Waals surface area (Å²) < 4.78 is 10.3. The molecule has 1 aromatic carbocycles. The SMILES string of the molecule is CCOC(=O)c1c(NC(=O)c2cc3ccccc3c(=O)o2)sc(C)c1CC. The molecule has 0 bridgehead atoms. The molecular formula is C20H19NO5S. The van der Waals surface area contributed by atoms with E-state index in [1.165, 1.54) is 17.4 Å². The van der Waals surface area contributed by atoms with Crippen molar-refractivity contribution in [2.24, 2.45) is 0 Å². The first-order valence-electron chi connectivity index (χ1n) is 8.59. The number of ether oxygens (including phenoxy) is 1. The van der Waals surface area contributed by atoms with Gasteiger partial charge in [-0.15, -0.1) is 11.3 Å². The molecule has 7 heteroatoms. The average Bonchev–Trinajstić information content (AvgIpc) is 2.96. The maximum absolute atomic E-state index is 12.7. The van der Waals surface area contributed by atoms with E-state index in [1.54, 1.807) is 31.2 Å². The standard InChI is InChI=1S/C20H19NO5S/c1-4-13-11(3)27-18(16(13)20(24)25-5-2)21-17(22)15-10-12-8-6-7-9-14(12)19(23)26-15/h6-10H,4-5H2,1-3H3,(H,21,22). The summed E-state index contributed by atoms with van der Waals surface area (Å²) in [6.07, 6.45) is 0.636. The Labute approximate surface area is 159 Å². The van der Waals surface area contributed by atoms with Crippen LogP contribution in [0.1, 0.15) is 45.2 Å². The van der Waals surface area contributed by atoms with Crippen LogP contribution in [0.25, 0.3) is 10.8 Å². The van der Waals surface area contributed by atoms with Gasteiger partial charge in [0.05, 0.1) is 17.6 Å². The smallest absolute Gasteiger partial charge is 0.344 e. The van der Waals surface area contributed by atoms with E-state index >= 15 is 0 Å². The number of hydrogen-bond donors (Lipinski definition) is 1. The minimum Gasteiger partial charge on any atom is -0.462 e. The molecule has 0 aliphatic carbocycles. The lowest BCUT2D eigenvalue weighted by Gasteiger charge is -2.08. The largest absolute Gasteiger partial charge is 0.462 e. The quantitative estimate of drug-likeness (QED) is 0.667. The molecule has 1 amide bonds. The van der Waals surface area contributed by atoms with Gasteiger partial charge in [0, 0.05) is 4.88 Å². The van der Waals surface area contributed by atoms with Crippen LogP contribution in [0.3, 0.4) is 0 Å². The summed E-state index contributed by atoms with van der Waals surface area (Å²) in [7, 11) is 0. The fourth-order valence-electron chi connectivity index (χ4n) is 2.92. The summed E-state index contributed by atoms with van der Waals surface area (Å²) >= 11 is 1.30. The van der Waals surface area contributed by atoms with Gasteiger partial charge in [0.15, 0.2) is 5.76 Å². The van der Waals surface area contributed by atoms with Crippen molar-refractivity contribution in [1.82, 2.24) is 0 Å². The highest BCUT2D eigenvalue weighted by molar-refractivity contribution is 7.16. The molecule has 0 aliphatic rings. The Bertz CT molecular complexity index is 1080. The van der Waals surface area contributed by atoms with E-state index in [9.17, 15) is 14.4 Å². The van der Waals surface area contributed by atoms with Crippen molar-refractivity contribution >= 4 is 39.0 Å². The van der Waals surface area contributed by atoms with Crippen LogP contribution in [0.2, 0.25) is 0 Å². The van der Waals surface area contributed by atoms with E-state index in [2.05, 4.69) is 5.32 Å². The molecule has 0 aliphatic heterocycles. The first-order chi connectivity index (χ1) is 13.0. The maximum Gasteiger partial charge on any atom is 0.344 e. The van der Waals surface area contributed by atoms with Crippen LogP contribution in [0.15, 0.2) is 39.5 Å². The highest BCUT2D eigenvalue weighted by atomic mass is 32.1. The molecule has 0 spiro atoms. The van der Waals surface area contributed by atoms with E-state index < -0.39 is 17.5 Å². The third-order valence-corrected chi connectivity index (χ3v) is 5.23. The van der Waals surface area contributed by atoms with Gasteiger partial charge in [0.1, 0.15) is 5.00 Å². The van der Waals surface area contributed by atoms with E-state index in [0.717, 1.165) is 10.4 Å². The third-order valence-electron chi connectivity index (χ3n) is 4.16. The second-order valence-corrected chi connectivity index (χ2v) is 7.08. The molecule has 0 unspecified atom stereocenters. The van der Waals surface area contributed by atoms with Crippen molar-refractivity contribution in [2.75, 3.05) is 11.9 Å². The Kier molecular flexibility index (Phi) is 5.41. The number of anilines is 1. The maximum atomic E-state index is 12.7. The zero-order valence-electron chi connectivity index (χ0n) is 15.3. The number of fused-ring (bicyclic) bond motifs is 1. The molecule has 0 fully saturated rings. The van der Waals surface area contributed by atoms with Gasteiger partial charge < -0.3 is 14.5 Å². The number of carbonyl (C=O) groups is 2. The van der Waals surface area contributed by atoms with Crippen LogP contribution >= 0.6 is 11.3 Å². The summed E-state index contributed by atoms with van der Waals surface area (Å²) in [5.41, 5.74) is 0.618. The summed E-state index contributed by atoms with van der Waals surface area (Å²) in [6.45, 7) is 5.79. The summed E-state index contributed by atoms with van der Waals surface area (Å²) in [5, 5.41) is 4.11. The third kappa shape index (κ3) is 3.64. The van der Waals surface area contributed by atoms with E-state index in [-0.39, 0.29) is 12.4 Å². The highest BCUT2D eigenvalue weighted by Gasteiger charge is 2.24. The Morgan fingerprint density at radius 2 is 1.96 bits per heavy atom. The highest BCUT2D eigenvalue weighted by Crippen LogP contribution is 2.34. The van der Waals surface area contributed by atoms with Gasteiger partial charge in [-0.3, -0.25) is 4.79 Å². The number of rotatable bonds is 5. The lowest BCUT2D eigenvalue weighted by molar-refractivity contribution is 0.0527. The molecule has 1 N–H and O–H groups in total. The van der Waals surface area contributed by atoms with Gasteiger partial charge >= 0.3 is 11.6 Å². The van der Waals surface area contributed by atoms with Crippen molar-refractivity contribution in [3.63, 3.8) is 0 Å². The number of hydrogen-bond acceptors (Lipinski definition) is 6. The fraction of sp³-hybridized carbons (Fsp3) is 0.250. The molecule has 0 atom stereocenters. The van der Waals surface area contributed by atoms with Gasteiger partial charge in [-0.25, -0.2) is 9.59 Å². The predicted octanol–water partition coefficient (Wildman–Crippen LogP) is 4.15. The number of nitrogens with one attached hydrogen (secondary N) is 1. The normalized spacial score (nSPS) is 10.8.